The van der Waals surface area contributed by atoms with Crippen LogP contribution in [-0.2, 0) is 11.0 Å². The van der Waals surface area contributed by atoms with E-state index in [2.05, 4.69) is 19.7 Å². The Morgan fingerprint density at radius 3 is 2.76 bits per heavy atom. The van der Waals surface area contributed by atoms with Crippen molar-refractivity contribution in [3.05, 3.63) is 85.1 Å². The third-order valence-corrected chi connectivity index (χ3v) is 5.79. The molecule has 0 aliphatic carbocycles. The van der Waals surface area contributed by atoms with Crippen LogP contribution in [-0.4, -0.2) is 19.2 Å². The Kier molecular flexibility index (Phi) is 4.29. The van der Waals surface area contributed by atoms with Crippen LogP contribution in [0.4, 0.5) is 10.2 Å². The summed E-state index contributed by atoms with van der Waals surface area (Å²) in [6, 6.07) is 19.9. The van der Waals surface area contributed by atoms with E-state index in [4.69, 9.17) is 0 Å². The quantitative estimate of drug-likeness (QED) is 0.442. The number of H-pyrrole nitrogens is 1. The van der Waals surface area contributed by atoms with Gasteiger partial charge >= 0.3 is 0 Å². The minimum Gasteiger partial charge on any atom is -0.355 e. The third kappa shape index (κ3) is 3.36. The molecule has 7 heteroatoms. The maximum absolute atomic E-state index is 13.5. The first-order chi connectivity index (χ1) is 14.2. The summed E-state index contributed by atoms with van der Waals surface area (Å²) in [5.41, 5.74) is 2.79. The number of halogens is 1. The van der Waals surface area contributed by atoms with Gasteiger partial charge in [0.15, 0.2) is 11.0 Å². The van der Waals surface area contributed by atoms with E-state index in [-0.39, 0.29) is 5.82 Å². The largest absolute Gasteiger partial charge is 0.355 e. The van der Waals surface area contributed by atoms with Crippen molar-refractivity contribution in [1.82, 2.24) is 15.0 Å². The third-order valence-electron chi connectivity index (χ3n) is 4.72. The molecule has 142 valence electrons. The number of rotatable bonds is 4. The standard InChI is InChI=1S/C22H15FN4OS/c23-16-4-7-20-15(10-16)12-21(26-20)19-3-1-2-14-11-17(5-6-18(14)19)29(28)27-22-8-9-24-13-25-22/h1-13,26H,(H,24,25,27). The fourth-order valence-corrected chi connectivity index (χ4v) is 4.22. The molecule has 0 spiro atoms. The van der Waals surface area contributed by atoms with Crippen LogP contribution in [0.5, 0.6) is 0 Å². The van der Waals surface area contributed by atoms with Gasteiger partial charge in [0.1, 0.15) is 18.0 Å². The second kappa shape index (κ2) is 7.10. The zero-order valence-corrected chi connectivity index (χ0v) is 15.9. The molecule has 5 nitrogen and oxygen atoms in total. The molecule has 1 atom stereocenters. The van der Waals surface area contributed by atoms with Gasteiger partial charge in [-0.25, -0.2) is 18.6 Å². The Morgan fingerprint density at radius 1 is 0.966 bits per heavy atom. The number of hydrogen-bond acceptors (Lipinski definition) is 3. The lowest BCUT2D eigenvalue weighted by Crippen LogP contribution is -2.06. The first-order valence-electron chi connectivity index (χ1n) is 8.93. The predicted octanol–water partition coefficient (Wildman–Crippen LogP) is 5.05. The van der Waals surface area contributed by atoms with Gasteiger partial charge in [-0.1, -0.05) is 24.3 Å². The van der Waals surface area contributed by atoms with E-state index in [1.807, 2.05) is 42.5 Å². The van der Waals surface area contributed by atoms with E-state index >= 15 is 0 Å². The summed E-state index contributed by atoms with van der Waals surface area (Å²) in [5, 5.41) is 2.80. The second-order valence-corrected chi connectivity index (χ2v) is 7.78. The molecule has 0 amide bonds. The fourth-order valence-electron chi connectivity index (χ4n) is 3.37. The molecule has 1 unspecified atom stereocenters. The molecule has 2 aromatic heterocycles. The van der Waals surface area contributed by atoms with Gasteiger partial charge in [0.25, 0.3) is 0 Å². The molecular formula is C22H15FN4OS. The highest BCUT2D eigenvalue weighted by atomic mass is 32.2. The van der Waals surface area contributed by atoms with Gasteiger partial charge in [-0.05, 0) is 53.2 Å². The number of anilines is 1. The van der Waals surface area contributed by atoms with Crippen molar-refractivity contribution in [3.8, 4) is 11.3 Å². The summed E-state index contributed by atoms with van der Waals surface area (Å²) in [4.78, 5) is 11.9. The first-order valence-corrected chi connectivity index (χ1v) is 10.1. The molecule has 0 bridgehead atoms. The van der Waals surface area contributed by atoms with E-state index in [0.29, 0.717) is 10.7 Å². The molecule has 0 fully saturated rings. The van der Waals surface area contributed by atoms with Gasteiger partial charge in [-0.2, -0.15) is 0 Å². The number of nitrogens with one attached hydrogen (secondary N) is 2. The molecule has 0 aliphatic heterocycles. The summed E-state index contributed by atoms with van der Waals surface area (Å²) in [7, 11) is -1.45. The van der Waals surface area contributed by atoms with Gasteiger partial charge in [0, 0.05) is 28.4 Å². The van der Waals surface area contributed by atoms with Crippen LogP contribution in [0.1, 0.15) is 0 Å². The number of benzene rings is 3. The molecule has 0 aliphatic rings. The maximum Gasteiger partial charge on any atom is 0.151 e. The zero-order chi connectivity index (χ0) is 19.8. The Hall–Kier alpha value is -3.58. The van der Waals surface area contributed by atoms with Gasteiger partial charge in [0.05, 0.1) is 4.90 Å². The van der Waals surface area contributed by atoms with Crippen LogP contribution in [0.15, 0.2) is 84.1 Å². The van der Waals surface area contributed by atoms with Crippen molar-refractivity contribution in [1.29, 1.82) is 0 Å². The summed E-state index contributed by atoms with van der Waals surface area (Å²) < 4.78 is 29.1. The molecule has 5 rings (SSSR count). The average molecular weight is 402 g/mol. The zero-order valence-electron chi connectivity index (χ0n) is 15.1. The lowest BCUT2D eigenvalue weighted by Gasteiger charge is -2.08. The minimum atomic E-state index is -1.45. The van der Waals surface area contributed by atoms with Crippen LogP contribution in [0.25, 0.3) is 32.9 Å². The number of aromatic amines is 1. The van der Waals surface area contributed by atoms with Crippen molar-refractivity contribution in [2.24, 2.45) is 0 Å². The summed E-state index contributed by atoms with van der Waals surface area (Å²) in [5.74, 6) is 0.238. The van der Waals surface area contributed by atoms with E-state index < -0.39 is 11.0 Å². The van der Waals surface area contributed by atoms with Crippen molar-refractivity contribution >= 4 is 38.5 Å². The summed E-state index contributed by atoms with van der Waals surface area (Å²) in [6.07, 6.45) is 2.99. The summed E-state index contributed by atoms with van der Waals surface area (Å²) in [6.45, 7) is 0. The lowest BCUT2D eigenvalue weighted by molar-refractivity contribution is 0.629. The van der Waals surface area contributed by atoms with Gasteiger partial charge < -0.3 is 4.98 Å². The smallest absolute Gasteiger partial charge is 0.151 e. The number of fused-ring (bicyclic) bond motifs is 2. The average Bonchev–Trinajstić information content (AvgIpc) is 3.16. The normalized spacial score (nSPS) is 12.3. The van der Waals surface area contributed by atoms with Crippen LogP contribution in [0.2, 0.25) is 0 Å². The van der Waals surface area contributed by atoms with Crippen LogP contribution < -0.4 is 4.72 Å². The Morgan fingerprint density at radius 2 is 1.90 bits per heavy atom. The highest BCUT2D eigenvalue weighted by molar-refractivity contribution is 7.86. The van der Waals surface area contributed by atoms with Crippen LogP contribution in [0.3, 0.4) is 0 Å². The predicted molar refractivity (Wildman–Crippen MR) is 113 cm³/mol. The van der Waals surface area contributed by atoms with Gasteiger partial charge in [-0.15, -0.1) is 0 Å². The maximum atomic E-state index is 13.5. The molecule has 0 saturated heterocycles. The second-order valence-electron chi connectivity index (χ2n) is 6.57. The number of hydrogen-bond donors (Lipinski definition) is 2. The molecule has 29 heavy (non-hydrogen) atoms. The Balaban J connectivity index is 1.53. The molecular weight excluding hydrogens is 387 g/mol. The topological polar surface area (TPSA) is 70.7 Å². The van der Waals surface area contributed by atoms with Gasteiger partial charge in [-0.3, -0.25) is 4.72 Å². The number of nitrogens with zero attached hydrogens (tertiary/aromatic N) is 2. The Labute approximate surface area is 168 Å². The highest BCUT2D eigenvalue weighted by Crippen LogP contribution is 2.31. The van der Waals surface area contributed by atoms with E-state index in [1.54, 1.807) is 18.3 Å². The van der Waals surface area contributed by atoms with Gasteiger partial charge in [0.2, 0.25) is 0 Å². The van der Waals surface area contributed by atoms with Crippen molar-refractivity contribution in [2.75, 3.05) is 4.72 Å². The molecule has 0 saturated carbocycles. The van der Waals surface area contributed by atoms with Crippen molar-refractivity contribution < 1.29 is 8.60 Å². The van der Waals surface area contributed by atoms with Crippen molar-refractivity contribution in [2.45, 2.75) is 4.90 Å². The first kappa shape index (κ1) is 17.5. The lowest BCUT2D eigenvalue weighted by atomic mass is 10.0. The number of aromatic nitrogens is 3. The molecule has 3 aromatic carbocycles. The molecule has 5 aromatic rings. The van der Waals surface area contributed by atoms with E-state index in [1.165, 1.54) is 18.5 Å². The fraction of sp³-hybridized carbons (Fsp3) is 0. The SMILES string of the molecule is O=S(Nc1ccncn1)c1ccc2c(-c3cc4cc(F)ccc4[nH]3)cccc2c1. The molecule has 2 heterocycles. The van der Waals surface area contributed by atoms with Crippen LogP contribution >= 0.6 is 0 Å². The van der Waals surface area contributed by atoms with E-state index in [9.17, 15) is 8.60 Å². The van der Waals surface area contributed by atoms with Crippen LogP contribution in [0, 0.1) is 5.82 Å². The highest BCUT2D eigenvalue weighted by Gasteiger charge is 2.11. The summed E-state index contributed by atoms with van der Waals surface area (Å²) >= 11 is 0. The minimum absolute atomic E-state index is 0.260. The monoisotopic (exact) mass is 402 g/mol. The van der Waals surface area contributed by atoms with Crippen molar-refractivity contribution in [3.63, 3.8) is 0 Å². The Bertz CT molecular complexity index is 1370. The molecule has 0 radical (unpaired) electrons. The van der Waals surface area contributed by atoms with E-state index in [0.717, 1.165) is 32.9 Å². The molecule has 2 N–H and O–H groups in total.